The van der Waals surface area contributed by atoms with Crippen LogP contribution >= 0.6 is 12.4 Å². The molecule has 1 saturated heterocycles. The third-order valence-electron chi connectivity index (χ3n) is 6.45. The Bertz CT molecular complexity index is 1260. The second-order valence-electron chi connectivity index (χ2n) is 9.10. The molecule has 1 aliphatic carbocycles. The number of hydrogen-bond acceptors (Lipinski definition) is 7. The summed E-state index contributed by atoms with van der Waals surface area (Å²) >= 11 is 0. The van der Waals surface area contributed by atoms with Crippen LogP contribution in [0.15, 0.2) is 48.8 Å². The van der Waals surface area contributed by atoms with Gasteiger partial charge in [0.15, 0.2) is 0 Å². The second-order valence-corrected chi connectivity index (χ2v) is 9.10. The van der Waals surface area contributed by atoms with Crippen LogP contribution in [0.5, 0.6) is 0 Å². The minimum Gasteiger partial charge on any atom is -0.351 e. The Morgan fingerprint density at radius 3 is 2.67 bits per heavy atom. The third-order valence-corrected chi connectivity index (χ3v) is 6.45. The maximum absolute atomic E-state index is 11.5. The predicted molar refractivity (Wildman–Crippen MR) is 140 cm³/mol. The Labute approximate surface area is 216 Å². The lowest BCUT2D eigenvalue weighted by molar-refractivity contribution is 0.207. The summed E-state index contributed by atoms with van der Waals surface area (Å²) in [6, 6.07) is 13.5. The number of nitrogens with two attached hydrogens (primary N) is 1. The zero-order valence-corrected chi connectivity index (χ0v) is 20.7. The van der Waals surface area contributed by atoms with E-state index in [4.69, 9.17) is 21.0 Å². The summed E-state index contributed by atoms with van der Waals surface area (Å²) in [5.41, 5.74) is 10.0. The number of rotatable bonds is 6. The Kier molecular flexibility index (Phi) is 7.98. The maximum Gasteiger partial charge on any atom is 0.314 e. The molecule has 0 unspecified atom stereocenters. The topological polar surface area (TPSA) is 124 Å². The van der Waals surface area contributed by atoms with Crippen LogP contribution in [0.3, 0.4) is 0 Å². The molecule has 0 atom stereocenters. The Balaban J connectivity index is 0.00000304. The molecular formula is C26H29ClN8O. The number of halogens is 1. The maximum atomic E-state index is 11.5. The lowest BCUT2D eigenvalue weighted by Crippen LogP contribution is -2.38. The first-order valence-corrected chi connectivity index (χ1v) is 11.9. The van der Waals surface area contributed by atoms with Gasteiger partial charge in [-0.3, -0.25) is 9.88 Å². The van der Waals surface area contributed by atoms with E-state index in [0.717, 1.165) is 43.0 Å². The molecule has 5 rings (SSSR count). The van der Waals surface area contributed by atoms with Crippen molar-refractivity contribution in [3.8, 4) is 17.3 Å². The molecule has 0 aromatic carbocycles. The molecule has 1 aliphatic heterocycles. The lowest BCUT2D eigenvalue weighted by atomic mass is 10.1. The number of anilines is 2. The summed E-state index contributed by atoms with van der Waals surface area (Å²) in [6.45, 7) is 3.78. The number of aromatic nitrogens is 3. The first-order valence-electron chi connectivity index (χ1n) is 11.9. The number of nitrogens with one attached hydrogen (secondary N) is 1. The minimum atomic E-state index is -0.349. The van der Waals surface area contributed by atoms with Crippen LogP contribution in [0.2, 0.25) is 0 Å². The molecule has 3 aromatic rings. The van der Waals surface area contributed by atoms with Crippen molar-refractivity contribution in [3.63, 3.8) is 0 Å². The fraction of sp³-hybridized carbons (Fsp3) is 0.346. The van der Waals surface area contributed by atoms with Crippen molar-refractivity contribution in [2.24, 2.45) is 5.73 Å². The number of carbonyl (C=O) groups excluding carboxylic acids is 1. The van der Waals surface area contributed by atoms with Gasteiger partial charge in [-0.1, -0.05) is 0 Å². The number of nitrogens with zero attached hydrogens (tertiary/aromatic N) is 6. The highest BCUT2D eigenvalue weighted by Crippen LogP contribution is 2.42. The standard InChI is InChI=1S/C26H28N8O.ClH/c27-15-18-6-7-29-24(12-18)32-25-14-21(19-2-3-19)13-23(31-25)20-4-5-22(30-16-20)17-33-8-1-9-34(11-10-33)26(28)35;/h4-7,12-14,16,19H,1-3,8-11,17H2,(H2,28,35)(H,29,31,32);1H. The van der Waals surface area contributed by atoms with Gasteiger partial charge in [0.25, 0.3) is 0 Å². The highest BCUT2D eigenvalue weighted by atomic mass is 35.5. The number of urea groups is 1. The molecule has 1 saturated carbocycles. The molecule has 2 amide bonds. The van der Waals surface area contributed by atoms with E-state index in [0.29, 0.717) is 36.2 Å². The van der Waals surface area contributed by atoms with Gasteiger partial charge in [0.1, 0.15) is 11.6 Å². The average molecular weight is 505 g/mol. The third kappa shape index (κ3) is 6.27. The van der Waals surface area contributed by atoms with Crippen LogP contribution in [0.25, 0.3) is 11.3 Å². The zero-order valence-electron chi connectivity index (χ0n) is 19.9. The van der Waals surface area contributed by atoms with Gasteiger partial charge in [0.2, 0.25) is 0 Å². The number of pyridine rings is 3. The smallest absolute Gasteiger partial charge is 0.314 e. The first-order chi connectivity index (χ1) is 17.1. The molecule has 186 valence electrons. The largest absolute Gasteiger partial charge is 0.351 e. The van der Waals surface area contributed by atoms with Crippen LogP contribution in [-0.2, 0) is 6.54 Å². The molecule has 10 heteroatoms. The molecule has 3 N–H and O–H groups in total. The summed E-state index contributed by atoms with van der Waals surface area (Å²) in [5.74, 6) is 1.86. The summed E-state index contributed by atoms with van der Waals surface area (Å²) in [7, 11) is 0. The normalized spacial score (nSPS) is 15.9. The van der Waals surface area contributed by atoms with E-state index in [1.807, 2.05) is 12.3 Å². The van der Waals surface area contributed by atoms with Gasteiger partial charge in [-0.05, 0) is 67.1 Å². The Hall–Kier alpha value is -3.74. The molecule has 9 nitrogen and oxygen atoms in total. The molecule has 4 heterocycles. The van der Waals surface area contributed by atoms with Gasteiger partial charge in [-0.25, -0.2) is 14.8 Å². The van der Waals surface area contributed by atoms with Gasteiger partial charge in [0, 0.05) is 50.7 Å². The summed E-state index contributed by atoms with van der Waals surface area (Å²) in [5, 5.41) is 12.4. The fourth-order valence-electron chi connectivity index (χ4n) is 4.36. The van der Waals surface area contributed by atoms with Crippen molar-refractivity contribution < 1.29 is 4.79 Å². The summed E-state index contributed by atoms with van der Waals surface area (Å²) < 4.78 is 0. The van der Waals surface area contributed by atoms with Crippen molar-refractivity contribution >= 4 is 30.1 Å². The number of hydrogen-bond donors (Lipinski definition) is 2. The highest BCUT2D eigenvalue weighted by Gasteiger charge is 2.25. The number of primary amides is 1. The van der Waals surface area contributed by atoms with Crippen molar-refractivity contribution in [1.82, 2.24) is 24.8 Å². The van der Waals surface area contributed by atoms with Gasteiger partial charge in [-0.2, -0.15) is 5.26 Å². The Morgan fingerprint density at radius 1 is 1.08 bits per heavy atom. The lowest BCUT2D eigenvalue weighted by Gasteiger charge is -2.20. The second kappa shape index (κ2) is 11.3. The highest BCUT2D eigenvalue weighted by molar-refractivity contribution is 5.85. The molecule has 0 bridgehead atoms. The van der Waals surface area contributed by atoms with Gasteiger partial charge in [-0.15, -0.1) is 12.4 Å². The average Bonchev–Trinajstić information content (AvgIpc) is 3.73. The van der Waals surface area contributed by atoms with Crippen molar-refractivity contribution in [2.75, 3.05) is 31.5 Å². The molecule has 2 aliphatic rings. The monoisotopic (exact) mass is 504 g/mol. The van der Waals surface area contributed by atoms with Crippen LogP contribution in [0, 0.1) is 11.3 Å². The minimum absolute atomic E-state index is 0. The zero-order chi connectivity index (χ0) is 24.2. The molecule has 3 aromatic heterocycles. The molecule has 36 heavy (non-hydrogen) atoms. The molecule has 0 spiro atoms. The quantitative estimate of drug-likeness (QED) is 0.519. The number of carbonyl (C=O) groups is 1. The predicted octanol–water partition coefficient (Wildman–Crippen LogP) is 4.04. The van der Waals surface area contributed by atoms with Crippen molar-refractivity contribution in [3.05, 3.63) is 65.6 Å². The first kappa shape index (κ1) is 25.4. The van der Waals surface area contributed by atoms with E-state index in [-0.39, 0.29) is 18.4 Å². The van der Waals surface area contributed by atoms with Crippen LogP contribution in [0.1, 0.15) is 42.0 Å². The fourth-order valence-corrected chi connectivity index (χ4v) is 4.36. The SMILES string of the molecule is Cl.N#Cc1ccnc(Nc2cc(C3CC3)cc(-c3ccc(CN4CCCN(C(N)=O)CC4)nc3)n2)c1. The van der Waals surface area contributed by atoms with Crippen molar-refractivity contribution in [2.45, 2.75) is 31.7 Å². The molecule has 0 radical (unpaired) electrons. The molecule has 2 fully saturated rings. The van der Waals surface area contributed by atoms with Gasteiger partial charge < -0.3 is 16.0 Å². The van der Waals surface area contributed by atoms with Crippen molar-refractivity contribution in [1.29, 1.82) is 5.26 Å². The van der Waals surface area contributed by atoms with Crippen LogP contribution < -0.4 is 11.1 Å². The molecular weight excluding hydrogens is 476 g/mol. The van der Waals surface area contributed by atoms with E-state index in [9.17, 15) is 4.79 Å². The van der Waals surface area contributed by atoms with Gasteiger partial charge in [0.05, 0.1) is 23.0 Å². The summed E-state index contributed by atoms with van der Waals surface area (Å²) in [6.07, 6.45) is 6.77. The number of nitriles is 1. The van der Waals surface area contributed by atoms with E-state index in [1.165, 1.54) is 18.4 Å². The van der Waals surface area contributed by atoms with Gasteiger partial charge >= 0.3 is 6.03 Å². The van der Waals surface area contributed by atoms with E-state index in [2.05, 4.69) is 39.5 Å². The van der Waals surface area contributed by atoms with E-state index >= 15 is 0 Å². The number of amides is 2. The summed E-state index contributed by atoms with van der Waals surface area (Å²) in [4.78, 5) is 29.3. The van der Waals surface area contributed by atoms with Crippen LogP contribution in [0.4, 0.5) is 16.4 Å². The van der Waals surface area contributed by atoms with E-state index < -0.39 is 0 Å². The van der Waals surface area contributed by atoms with Crippen LogP contribution in [-0.4, -0.2) is 57.0 Å². The Morgan fingerprint density at radius 2 is 1.94 bits per heavy atom. The van der Waals surface area contributed by atoms with E-state index in [1.54, 1.807) is 23.2 Å².